The van der Waals surface area contributed by atoms with Crippen LogP contribution in [0.2, 0.25) is 5.02 Å². The summed E-state index contributed by atoms with van der Waals surface area (Å²) >= 11 is 9.45. The Morgan fingerprint density at radius 2 is 2.16 bits per heavy atom. The molecule has 2 rings (SSSR count). The van der Waals surface area contributed by atoms with Crippen LogP contribution in [0.25, 0.3) is 0 Å². The lowest BCUT2D eigenvalue weighted by atomic mass is 10.2. The van der Waals surface area contributed by atoms with Crippen LogP contribution in [0.15, 0.2) is 28.9 Å². The van der Waals surface area contributed by atoms with Gasteiger partial charge in [0, 0.05) is 22.2 Å². The van der Waals surface area contributed by atoms with E-state index in [4.69, 9.17) is 11.6 Å². The van der Waals surface area contributed by atoms with Crippen molar-refractivity contribution in [3.63, 3.8) is 0 Å². The standard InChI is InChI=1S/C14H17BrClN3/c1-9(2)7-19-8-10(3)17-14(19)18-13-5-4-11(16)6-12(13)15/h4-6,8-9H,7H2,1-3H3,(H,17,18). The van der Waals surface area contributed by atoms with Gasteiger partial charge in [0.05, 0.1) is 11.4 Å². The topological polar surface area (TPSA) is 29.9 Å². The Balaban J connectivity index is 2.27. The van der Waals surface area contributed by atoms with Crippen LogP contribution in [-0.2, 0) is 6.54 Å². The molecular formula is C14H17BrClN3. The molecule has 19 heavy (non-hydrogen) atoms. The van der Waals surface area contributed by atoms with E-state index in [1.807, 2.05) is 25.1 Å². The SMILES string of the molecule is Cc1cn(CC(C)C)c(Nc2ccc(Cl)cc2Br)n1. The quantitative estimate of drug-likeness (QED) is 0.846. The van der Waals surface area contributed by atoms with Crippen LogP contribution in [0.5, 0.6) is 0 Å². The number of rotatable bonds is 4. The second-order valence-corrected chi connectivity index (χ2v) is 6.29. The van der Waals surface area contributed by atoms with E-state index in [1.165, 1.54) is 0 Å². The molecule has 0 aliphatic heterocycles. The molecule has 0 saturated heterocycles. The van der Waals surface area contributed by atoms with E-state index in [1.54, 1.807) is 0 Å². The second kappa shape index (κ2) is 5.97. The van der Waals surface area contributed by atoms with Crippen molar-refractivity contribution in [3.8, 4) is 0 Å². The molecule has 5 heteroatoms. The minimum Gasteiger partial charge on any atom is -0.325 e. The zero-order chi connectivity index (χ0) is 14.0. The summed E-state index contributed by atoms with van der Waals surface area (Å²) in [5.41, 5.74) is 1.97. The Bertz CT molecular complexity index is 578. The monoisotopic (exact) mass is 341 g/mol. The number of aromatic nitrogens is 2. The summed E-state index contributed by atoms with van der Waals surface area (Å²) in [5, 5.41) is 4.05. The highest BCUT2D eigenvalue weighted by molar-refractivity contribution is 9.10. The van der Waals surface area contributed by atoms with Gasteiger partial charge in [-0.15, -0.1) is 0 Å². The lowest BCUT2D eigenvalue weighted by Crippen LogP contribution is -2.07. The predicted molar refractivity (Wildman–Crippen MR) is 84.2 cm³/mol. The third-order valence-corrected chi connectivity index (χ3v) is 3.53. The van der Waals surface area contributed by atoms with Crippen LogP contribution in [0.3, 0.4) is 0 Å². The van der Waals surface area contributed by atoms with Crippen molar-refractivity contribution in [2.75, 3.05) is 5.32 Å². The van der Waals surface area contributed by atoms with Gasteiger partial charge in [-0.25, -0.2) is 4.98 Å². The fraction of sp³-hybridized carbons (Fsp3) is 0.357. The predicted octanol–water partition coefficient (Wildman–Crippen LogP) is 5.01. The minimum absolute atomic E-state index is 0.572. The molecule has 0 amide bonds. The number of anilines is 2. The zero-order valence-electron chi connectivity index (χ0n) is 11.2. The summed E-state index contributed by atoms with van der Waals surface area (Å²) < 4.78 is 3.07. The maximum absolute atomic E-state index is 5.95. The molecule has 1 aromatic carbocycles. The largest absolute Gasteiger partial charge is 0.325 e. The van der Waals surface area contributed by atoms with Gasteiger partial charge in [-0.3, -0.25) is 0 Å². The first kappa shape index (κ1) is 14.4. The Morgan fingerprint density at radius 1 is 1.42 bits per heavy atom. The maximum atomic E-state index is 5.95. The van der Waals surface area contributed by atoms with Gasteiger partial charge in [0.25, 0.3) is 0 Å². The average molecular weight is 343 g/mol. The molecule has 0 aliphatic carbocycles. The number of hydrogen-bond acceptors (Lipinski definition) is 2. The molecule has 0 spiro atoms. The Kier molecular flexibility index (Phi) is 4.53. The van der Waals surface area contributed by atoms with Crippen LogP contribution >= 0.6 is 27.5 Å². The highest BCUT2D eigenvalue weighted by atomic mass is 79.9. The van der Waals surface area contributed by atoms with Crippen molar-refractivity contribution in [2.45, 2.75) is 27.3 Å². The van der Waals surface area contributed by atoms with Crippen molar-refractivity contribution in [3.05, 3.63) is 39.6 Å². The summed E-state index contributed by atoms with van der Waals surface area (Å²) in [6, 6.07) is 5.67. The van der Waals surface area contributed by atoms with Crippen molar-refractivity contribution in [1.29, 1.82) is 0 Å². The molecule has 0 unspecified atom stereocenters. The van der Waals surface area contributed by atoms with Gasteiger partial charge in [-0.2, -0.15) is 0 Å². The molecule has 0 atom stereocenters. The minimum atomic E-state index is 0.572. The highest BCUT2D eigenvalue weighted by Crippen LogP contribution is 2.28. The first-order chi connectivity index (χ1) is 8.95. The smallest absolute Gasteiger partial charge is 0.207 e. The van der Waals surface area contributed by atoms with Crippen LogP contribution < -0.4 is 5.32 Å². The van der Waals surface area contributed by atoms with Crippen LogP contribution in [-0.4, -0.2) is 9.55 Å². The van der Waals surface area contributed by atoms with Crippen LogP contribution in [0.1, 0.15) is 19.5 Å². The van der Waals surface area contributed by atoms with E-state index in [0.29, 0.717) is 10.9 Å². The Hall–Kier alpha value is -1.000. The van der Waals surface area contributed by atoms with Gasteiger partial charge in [0.2, 0.25) is 5.95 Å². The Morgan fingerprint density at radius 3 is 2.79 bits per heavy atom. The van der Waals surface area contributed by atoms with Crippen LogP contribution in [0.4, 0.5) is 11.6 Å². The third kappa shape index (κ3) is 3.74. The summed E-state index contributed by atoms with van der Waals surface area (Å²) in [6.07, 6.45) is 2.06. The van der Waals surface area contributed by atoms with E-state index in [2.05, 4.69) is 50.8 Å². The van der Waals surface area contributed by atoms with Crippen molar-refractivity contribution >= 4 is 39.2 Å². The lowest BCUT2D eigenvalue weighted by Gasteiger charge is -2.12. The van der Waals surface area contributed by atoms with Crippen LogP contribution in [0, 0.1) is 12.8 Å². The molecule has 0 saturated carbocycles. The second-order valence-electron chi connectivity index (χ2n) is 5.00. The summed E-state index contributed by atoms with van der Waals surface area (Å²) in [7, 11) is 0. The fourth-order valence-electron chi connectivity index (χ4n) is 1.89. The van der Waals surface area contributed by atoms with Crippen molar-refractivity contribution in [2.24, 2.45) is 5.92 Å². The molecule has 3 nitrogen and oxygen atoms in total. The van der Waals surface area contributed by atoms with Crippen molar-refractivity contribution in [1.82, 2.24) is 9.55 Å². The number of nitrogens with one attached hydrogen (secondary N) is 1. The zero-order valence-corrected chi connectivity index (χ0v) is 13.6. The molecule has 1 heterocycles. The molecule has 1 aromatic heterocycles. The number of aryl methyl sites for hydroxylation is 1. The first-order valence-corrected chi connectivity index (χ1v) is 7.38. The molecule has 0 bridgehead atoms. The maximum Gasteiger partial charge on any atom is 0.207 e. The molecule has 0 fully saturated rings. The summed E-state index contributed by atoms with van der Waals surface area (Å²) in [5.74, 6) is 1.43. The molecular weight excluding hydrogens is 326 g/mol. The molecule has 0 radical (unpaired) electrons. The van der Waals surface area contributed by atoms with Crippen molar-refractivity contribution < 1.29 is 0 Å². The average Bonchev–Trinajstić information content (AvgIpc) is 2.62. The van der Waals surface area contributed by atoms with Gasteiger partial charge in [-0.1, -0.05) is 25.4 Å². The molecule has 1 N–H and O–H groups in total. The molecule has 0 aliphatic rings. The number of nitrogens with zero attached hydrogens (tertiary/aromatic N) is 2. The summed E-state index contributed by atoms with van der Waals surface area (Å²) in [4.78, 5) is 4.52. The van der Waals surface area contributed by atoms with E-state index in [-0.39, 0.29) is 0 Å². The van der Waals surface area contributed by atoms with Gasteiger partial charge in [-0.05, 0) is 47.0 Å². The third-order valence-electron chi connectivity index (χ3n) is 2.64. The summed E-state index contributed by atoms with van der Waals surface area (Å²) in [6.45, 7) is 7.32. The Labute approximate surface area is 127 Å². The normalized spacial score (nSPS) is 11.1. The first-order valence-electron chi connectivity index (χ1n) is 6.21. The molecule has 102 valence electrons. The number of imidazole rings is 1. The fourth-order valence-corrected chi connectivity index (χ4v) is 2.67. The van der Waals surface area contributed by atoms with Gasteiger partial charge < -0.3 is 9.88 Å². The number of halogens is 2. The number of hydrogen-bond donors (Lipinski definition) is 1. The lowest BCUT2D eigenvalue weighted by molar-refractivity contribution is 0.527. The molecule has 2 aromatic rings. The van der Waals surface area contributed by atoms with Gasteiger partial charge >= 0.3 is 0 Å². The highest BCUT2D eigenvalue weighted by Gasteiger charge is 2.09. The number of benzene rings is 1. The van der Waals surface area contributed by atoms with E-state index in [9.17, 15) is 0 Å². The van der Waals surface area contributed by atoms with E-state index in [0.717, 1.165) is 28.3 Å². The van der Waals surface area contributed by atoms with E-state index >= 15 is 0 Å². The van der Waals surface area contributed by atoms with E-state index < -0.39 is 0 Å². The van der Waals surface area contributed by atoms with Gasteiger partial charge in [0.15, 0.2) is 0 Å². The van der Waals surface area contributed by atoms with Gasteiger partial charge in [0.1, 0.15) is 0 Å².